The highest BCUT2D eigenvalue weighted by Crippen LogP contribution is 2.29. The van der Waals surface area contributed by atoms with Gasteiger partial charge in [-0.15, -0.1) is 0 Å². The second-order valence-electron chi connectivity index (χ2n) is 3.74. The van der Waals surface area contributed by atoms with Crippen molar-refractivity contribution in [3.8, 4) is 0 Å². The second-order valence-corrected chi connectivity index (χ2v) is 5.29. The highest BCUT2D eigenvalue weighted by Gasteiger charge is 2.23. The van der Waals surface area contributed by atoms with Crippen molar-refractivity contribution in [1.29, 1.82) is 0 Å². The zero-order chi connectivity index (χ0) is 10.8. The lowest BCUT2D eigenvalue weighted by Crippen LogP contribution is -2.21. The third-order valence-corrected chi connectivity index (χ3v) is 3.72. The summed E-state index contributed by atoms with van der Waals surface area (Å²) in [4.78, 5) is 6.29. The molecule has 82 valence electrons. The topological polar surface area (TPSA) is 36.4 Å². The van der Waals surface area contributed by atoms with Gasteiger partial charge in [-0.2, -0.15) is 0 Å². The predicted molar refractivity (Wildman–Crippen MR) is 69.4 cm³/mol. The molecule has 15 heavy (non-hydrogen) atoms. The average molecular weight is 339 g/mol. The Labute approximate surface area is 108 Å². The number of aromatic nitrogens is 1. The van der Waals surface area contributed by atoms with Crippen molar-refractivity contribution in [2.45, 2.75) is 6.42 Å². The lowest BCUT2D eigenvalue weighted by Gasteiger charge is -2.19. The van der Waals surface area contributed by atoms with Gasteiger partial charge in [0.1, 0.15) is 5.15 Å². The Hall–Kier alpha value is -0.0700. The van der Waals surface area contributed by atoms with E-state index in [1.165, 1.54) is 0 Å². The van der Waals surface area contributed by atoms with Crippen LogP contribution in [0.15, 0.2) is 12.3 Å². The number of hydrogen-bond donors (Lipinski definition) is 1. The normalized spacial score (nSPS) is 21.0. The maximum atomic E-state index is 9.09. The van der Waals surface area contributed by atoms with E-state index in [-0.39, 0.29) is 6.61 Å². The molecule has 1 atom stereocenters. The minimum atomic E-state index is 0.270. The van der Waals surface area contributed by atoms with E-state index in [1.807, 2.05) is 6.07 Å². The first-order valence-electron chi connectivity index (χ1n) is 4.87. The second kappa shape index (κ2) is 4.84. The highest BCUT2D eigenvalue weighted by molar-refractivity contribution is 14.1. The van der Waals surface area contributed by atoms with E-state index in [1.54, 1.807) is 6.20 Å². The maximum Gasteiger partial charge on any atom is 0.131 e. The average Bonchev–Trinajstić information content (AvgIpc) is 2.70. The summed E-state index contributed by atoms with van der Waals surface area (Å²) >= 11 is 8.14. The van der Waals surface area contributed by atoms with E-state index in [0.29, 0.717) is 11.1 Å². The molecule has 1 unspecified atom stereocenters. The molecule has 1 aromatic rings. The van der Waals surface area contributed by atoms with Crippen molar-refractivity contribution in [3.05, 3.63) is 21.0 Å². The molecule has 0 amide bonds. The van der Waals surface area contributed by atoms with Gasteiger partial charge in [-0.1, -0.05) is 11.6 Å². The van der Waals surface area contributed by atoms with E-state index >= 15 is 0 Å². The van der Waals surface area contributed by atoms with Crippen LogP contribution in [0.1, 0.15) is 6.42 Å². The molecule has 5 heteroatoms. The van der Waals surface area contributed by atoms with Crippen LogP contribution in [0.4, 0.5) is 5.69 Å². The molecule has 1 fully saturated rings. The summed E-state index contributed by atoms with van der Waals surface area (Å²) in [6, 6.07) is 1.89. The van der Waals surface area contributed by atoms with Crippen LogP contribution in [0.25, 0.3) is 0 Å². The number of aliphatic hydroxyl groups is 1. The maximum absolute atomic E-state index is 9.09. The van der Waals surface area contributed by atoms with Crippen LogP contribution in [0, 0.1) is 9.49 Å². The summed E-state index contributed by atoms with van der Waals surface area (Å²) in [6.07, 6.45) is 2.83. The Morgan fingerprint density at radius 2 is 2.47 bits per heavy atom. The molecule has 0 saturated carbocycles. The van der Waals surface area contributed by atoms with Gasteiger partial charge in [-0.05, 0) is 35.1 Å². The fourth-order valence-corrected chi connectivity index (χ4v) is 2.63. The van der Waals surface area contributed by atoms with Gasteiger partial charge in [0.25, 0.3) is 0 Å². The van der Waals surface area contributed by atoms with Crippen molar-refractivity contribution < 1.29 is 5.11 Å². The van der Waals surface area contributed by atoms with Crippen LogP contribution in [-0.4, -0.2) is 29.8 Å². The van der Waals surface area contributed by atoms with Crippen LogP contribution in [0.5, 0.6) is 0 Å². The lowest BCUT2D eigenvalue weighted by atomic mass is 10.1. The SMILES string of the molecule is OCC1CCN(c2cc(Cl)ncc2I)C1. The van der Waals surface area contributed by atoms with Crippen molar-refractivity contribution in [2.75, 3.05) is 24.6 Å². The van der Waals surface area contributed by atoms with Crippen LogP contribution < -0.4 is 4.90 Å². The number of pyridine rings is 1. The molecule has 2 rings (SSSR count). The van der Waals surface area contributed by atoms with Gasteiger partial charge in [0.2, 0.25) is 0 Å². The van der Waals surface area contributed by atoms with Crippen molar-refractivity contribution in [1.82, 2.24) is 4.98 Å². The summed E-state index contributed by atoms with van der Waals surface area (Å²) in [7, 11) is 0. The lowest BCUT2D eigenvalue weighted by molar-refractivity contribution is 0.238. The fraction of sp³-hybridized carbons (Fsp3) is 0.500. The Balaban J connectivity index is 2.19. The molecule has 3 nitrogen and oxygen atoms in total. The predicted octanol–water partition coefficient (Wildman–Crippen LogP) is 2.16. The summed E-state index contributed by atoms with van der Waals surface area (Å²) in [6.45, 7) is 2.17. The molecule has 1 saturated heterocycles. The van der Waals surface area contributed by atoms with Gasteiger partial charge >= 0.3 is 0 Å². The first-order valence-corrected chi connectivity index (χ1v) is 6.33. The third kappa shape index (κ3) is 2.54. The number of nitrogens with zero attached hydrogens (tertiary/aromatic N) is 2. The minimum absolute atomic E-state index is 0.270. The molecule has 0 aliphatic carbocycles. The Morgan fingerprint density at radius 1 is 1.67 bits per heavy atom. The number of rotatable bonds is 2. The molecule has 2 heterocycles. The van der Waals surface area contributed by atoms with Gasteiger partial charge in [-0.3, -0.25) is 0 Å². The van der Waals surface area contributed by atoms with E-state index in [4.69, 9.17) is 16.7 Å². The first kappa shape index (κ1) is 11.4. The monoisotopic (exact) mass is 338 g/mol. The highest BCUT2D eigenvalue weighted by atomic mass is 127. The smallest absolute Gasteiger partial charge is 0.131 e. The van der Waals surface area contributed by atoms with Crippen molar-refractivity contribution in [2.24, 2.45) is 5.92 Å². The van der Waals surface area contributed by atoms with Gasteiger partial charge in [-0.25, -0.2) is 4.98 Å². The minimum Gasteiger partial charge on any atom is -0.396 e. The Morgan fingerprint density at radius 3 is 3.13 bits per heavy atom. The number of hydrogen-bond acceptors (Lipinski definition) is 3. The molecule has 1 N–H and O–H groups in total. The van der Waals surface area contributed by atoms with Crippen LogP contribution in [-0.2, 0) is 0 Å². The molecular weight excluding hydrogens is 326 g/mol. The molecular formula is C10H12ClIN2O. The van der Waals surface area contributed by atoms with E-state index in [0.717, 1.165) is 28.8 Å². The quantitative estimate of drug-likeness (QED) is 0.663. The number of halogens is 2. The first-order chi connectivity index (χ1) is 7.20. The molecule has 0 bridgehead atoms. The van der Waals surface area contributed by atoms with Crippen LogP contribution in [0.2, 0.25) is 5.15 Å². The fourth-order valence-electron chi connectivity index (χ4n) is 1.85. The summed E-state index contributed by atoms with van der Waals surface area (Å²) in [5.41, 5.74) is 1.13. The Kier molecular flexibility index (Phi) is 3.69. The third-order valence-electron chi connectivity index (χ3n) is 2.69. The van der Waals surface area contributed by atoms with Gasteiger partial charge < -0.3 is 10.0 Å². The van der Waals surface area contributed by atoms with Crippen LogP contribution in [0.3, 0.4) is 0 Å². The standard InChI is InChI=1S/C10H12ClIN2O/c11-10-3-9(8(12)4-13-10)14-2-1-7(5-14)6-15/h3-4,7,15H,1-2,5-6H2. The molecule has 0 aromatic carbocycles. The van der Waals surface area contributed by atoms with Crippen molar-refractivity contribution in [3.63, 3.8) is 0 Å². The summed E-state index contributed by atoms with van der Waals surface area (Å²) < 4.78 is 1.11. The molecule has 1 aromatic heterocycles. The number of aliphatic hydroxyl groups excluding tert-OH is 1. The van der Waals surface area contributed by atoms with E-state index in [9.17, 15) is 0 Å². The van der Waals surface area contributed by atoms with Gasteiger partial charge in [0.05, 0.1) is 9.26 Å². The Bertz CT molecular complexity index is 361. The van der Waals surface area contributed by atoms with Gasteiger partial charge in [0, 0.05) is 31.8 Å². The summed E-state index contributed by atoms with van der Waals surface area (Å²) in [5.74, 6) is 0.396. The zero-order valence-corrected chi connectivity index (χ0v) is 11.1. The molecule has 0 spiro atoms. The summed E-state index contributed by atoms with van der Waals surface area (Å²) in [5, 5.41) is 9.61. The largest absolute Gasteiger partial charge is 0.396 e. The zero-order valence-electron chi connectivity index (χ0n) is 8.16. The van der Waals surface area contributed by atoms with Crippen LogP contribution >= 0.6 is 34.2 Å². The van der Waals surface area contributed by atoms with E-state index in [2.05, 4.69) is 32.5 Å². The molecule has 1 aliphatic rings. The number of anilines is 1. The van der Waals surface area contributed by atoms with E-state index < -0.39 is 0 Å². The van der Waals surface area contributed by atoms with Gasteiger partial charge in [0.15, 0.2) is 0 Å². The van der Waals surface area contributed by atoms with Crippen molar-refractivity contribution >= 4 is 39.9 Å². The molecule has 1 aliphatic heterocycles. The molecule has 0 radical (unpaired) electrons.